The number of piperidine rings is 1. The average molecular weight is 396 g/mol. The van der Waals surface area contributed by atoms with Crippen LogP contribution < -0.4 is 21.7 Å². The van der Waals surface area contributed by atoms with Gasteiger partial charge in [0.15, 0.2) is 0 Å². The van der Waals surface area contributed by atoms with Crippen molar-refractivity contribution in [3.63, 3.8) is 0 Å². The predicted octanol–water partition coefficient (Wildman–Crippen LogP) is 1.41. The van der Waals surface area contributed by atoms with E-state index in [4.69, 9.17) is 16.6 Å². The number of nitrogens with two attached hydrogens (primary N) is 1. The van der Waals surface area contributed by atoms with Crippen molar-refractivity contribution < 1.29 is 4.79 Å². The molecule has 0 bridgehead atoms. The van der Waals surface area contributed by atoms with Crippen molar-refractivity contribution in [3.05, 3.63) is 42.4 Å². The van der Waals surface area contributed by atoms with Gasteiger partial charge in [0.1, 0.15) is 11.7 Å². The topological polar surface area (TPSA) is 143 Å². The maximum absolute atomic E-state index is 11.9. The monoisotopic (exact) mass is 396 g/mol. The van der Waals surface area contributed by atoms with Gasteiger partial charge in [0.05, 0.1) is 16.9 Å². The summed E-state index contributed by atoms with van der Waals surface area (Å²) in [5.41, 5.74) is 7.66. The largest absolute Gasteiger partial charge is 0.386 e. The quantitative estimate of drug-likeness (QED) is 0.223. The summed E-state index contributed by atoms with van der Waals surface area (Å²) in [7, 11) is 0. The van der Waals surface area contributed by atoms with Gasteiger partial charge in [-0.2, -0.15) is 0 Å². The van der Waals surface area contributed by atoms with Crippen molar-refractivity contribution in [2.75, 3.05) is 24.1 Å². The van der Waals surface area contributed by atoms with Crippen LogP contribution in [-0.4, -0.2) is 53.0 Å². The van der Waals surface area contributed by atoms with Crippen LogP contribution in [0.2, 0.25) is 0 Å². The van der Waals surface area contributed by atoms with Gasteiger partial charge in [0.25, 0.3) is 0 Å². The third-order valence-corrected chi connectivity index (χ3v) is 4.97. The SMILES string of the molecule is C=CC(=O)N1CCCC(Nc2ccnc(N)c2C(=N)N/C(C=N)=C/NC2CC2)C1. The lowest BCUT2D eigenvalue weighted by atomic mass is 10.0. The smallest absolute Gasteiger partial charge is 0.246 e. The van der Waals surface area contributed by atoms with Crippen molar-refractivity contribution in [1.82, 2.24) is 20.5 Å². The van der Waals surface area contributed by atoms with Gasteiger partial charge in [-0.25, -0.2) is 4.98 Å². The number of nitrogens with zero attached hydrogens (tertiary/aromatic N) is 2. The zero-order valence-electron chi connectivity index (χ0n) is 16.4. The first-order valence-corrected chi connectivity index (χ1v) is 9.76. The van der Waals surface area contributed by atoms with Crippen LogP contribution >= 0.6 is 0 Å². The molecular formula is C20H28N8O. The van der Waals surface area contributed by atoms with Crippen LogP contribution in [0.15, 0.2) is 36.8 Å². The molecule has 1 aromatic heterocycles. The molecule has 1 aromatic rings. The summed E-state index contributed by atoms with van der Waals surface area (Å²) >= 11 is 0. The molecule has 2 aliphatic rings. The first-order valence-electron chi connectivity index (χ1n) is 9.76. The fraction of sp³-hybridized carbons (Fsp3) is 0.400. The Bertz CT molecular complexity index is 830. The number of hydrogen-bond donors (Lipinski definition) is 6. The summed E-state index contributed by atoms with van der Waals surface area (Å²) in [6.07, 6.45) is 9.81. The van der Waals surface area contributed by atoms with E-state index in [-0.39, 0.29) is 23.6 Å². The highest BCUT2D eigenvalue weighted by atomic mass is 16.2. The number of nitrogens with one attached hydrogen (secondary N) is 5. The second kappa shape index (κ2) is 9.22. The number of anilines is 2. The van der Waals surface area contributed by atoms with E-state index < -0.39 is 0 Å². The number of nitrogen functional groups attached to an aromatic ring is 1. The van der Waals surface area contributed by atoms with Crippen molar-refractivity contribution in [3.8, 4) is 0 Å². The number of carbonyl (C=O) groups is 1. The highest BCUT2D eigenvalue weighted by Gasteiger charge is 2.24. The van der Waals surface area contributed by atoms with Gasteiger partial charge in [0, 0.05) is 43.8 Å². The molecular weight excluding hydrogens is 368 g/mol. The van der Waals surface area contributed by atoms with E-state index in [0.717, 1.165) is 31.9 Å². The summed E-state index contributed by atoms with van der Waals surface area (Å²) in [6.45, 7) is 4.83. The molecule has 3 rings (SSSR count). The van der Waals surface area contributed by atoms with Gasteiger partial charge in [-0.15, -0.1) is 0 Å². The van der Waals surface area contributed by atoms with Gasteiger partial charge in [-0.3, -0.25) is 10.2 Å². The van der Waals surface area contributed by atoms with Gasteiger partial charge < -0.3 is 32.0 Å². The highest BCUT2D eigenvalue weighted by molar-refractivity contribution is 6.07. The molecule has 1 saturated carbocycles. The maximum Gasteiger partial charge on any atom is 0.246 e. The molecule has 29 heavy (non-hydrogen) atoms. The first-order chi connectivity index (χ1) is 14.0. The fourth-order valence-electron chi connectivity index (χ4n) is 3.28. The average Bonchev–Trinajstić information content (AvgIpc) is 3.55. The molecule has 154 valence electrons. The van der Waals surface area contributed by atoms with Crippen LogP contribution in [0, 0.1) is 10.8 Å². The molecule has 9 heteroatoms. The zero-order valence-corrected chi connectivity index (χ0v) is 16.4. The van der Waals surface area contributed by atoms with E-state index in [1.807, 2.05) is 0 Å². The maximum atomic E-state index is 11.9. The Morgan fingerprint density at radius 2 is 2.14 bits per heavy atom. The molecule has 0 aromatic carbocycles. The van der Waals surface area contributed by atoms with Gasteiger partial charge in [-0.05, 0) is 37.8 Å². The van der Waals surface area contributed by atoms with Crippen molar-refractivity contribution in [2.45, 2.75) is 37.8 Å². The minimum absolute atomic E-state index is 0.0373. The molecule has 2 fully saturated rings. The summed E-state index contributed by atoms with van der Waals surface area (Å²) in [6, 6.07) is 2.26. The van der Waals surface area contributed by atoms with Crippen LogP contribution in [0.4, 0.5) is 11.5 Å². The number of rotatable bonds is 8. The second-order valence-electron chi connectivity index (χ2n) is 7.28. The molecule has 0 radical (unpaired) electrons. The lowest BCUT2D eigenvalue weighted by Gasteiger charge is -2.33. The lowest BCUT2D eigenvalue weighted by Crippen LogP contribution is -2.44. The van der Waals surface area contributed by atoms with Crippen LogP contribution in [0.5, 0.6) is 0 Å². The Hall–Kier alpha value is -3.36. The summed E-state index contributed by atoms with van der Waals surface area (Å²) < 4.78 is 0. The van der Waals surface area contributed by atoms with E-state index >= 15 is 0 Å². The summed E-state index contributed by atoms with van der Waals surface area (Å²) in [4.78, 5) is 17.8. The lowest BCUT2D eigenvalue weighted by molar-refractivity contribution is -0.127. The molecule has 0 spiro atoms. The molecule has 1 unspecified atom stereocenters. The minimum atomic E-state index is -0.0794. The second-order valence-corrected chi connectivity index (χ2v) is 7.28. The van der Waals surface area contributed by atoms with Crippen LogP contribution in [-0.2, 0) is 4.79 Å². The molecule has 7 N–H and O–H groups in total. The number of amidine groups is 1. The van der Waals surface area contributed by atoms with Gasteiger partial charge >= 0.3 is 0 Å². The number of aromatic nitrogens is 1. The molecule has 2 heterocycles. The molecule has 1 aliphatic carbocycles. The first kappa shape index (κ1) is 20.4. The number of pyridine rings is 1. The van der Waals surface area contributed by atoms with E-state index in [1.54, 1.807) is 23.4 Å². The molecule has 1 atom stereocenters. The Morgan fingerprint density at radius 3 is 2.83 bits per heavy atom. The fourth-order valence-corrected chi connectivity index (χ4v) is 3.28. The van der Waals surface area contributed by atoms with E-state index in [2.05, 4.69) is 27.5 Å². The van der Waals surface area contributed by atoms with Crippen molar-refractivity contribution in [1.29, 1.82) is 10.8 Å². The number of carbonyl (C=O) groups excluding carboxylic acids is 1. The predicted molar refractivity (Wildman–Crippen MR) is 115 cm³/mol. The third-order valence-electron chi connectivity index (χ3n) is 4.97. The molecule has 1 aliphatic heterocycles. The van der Waals surface area contributed by atoms with E-state index in [1.165, 1.54) is 6.08 Å². The standard InChI is InChI=1S/C20H28N8O/c1-2-17(29)28-9-3-4-14(12-28)26-16-7-8-24-19(22)18(16)20(23)27-15(10-21)11-25-13-5-6-13/h2,7-8,10-11,13-14,21,25H,1,3-6,9,12H2,(H2,23,27)(H3,22,24,26)/b15-11+,21-10?. The number of amides is 1. The van der Waals surface area contributed by atoms with Crippen molar-refractivity contribution >= 4 is 29.5 Å². The van der Waals surface area contributed by atoms with Crippen LogP contribution in [0.1, 0.15) is 31.2 Å². The Morgan fingerprint density at radius 1 is 1.34 bits per heavy atom. The third kappa shape index (κ3) is 5.34. The Balaban J connectivity index is 1.73. The van der Waals surface area contributed by atoms with Crippen LogP contribution in [0.25, 0.3) is 0 Å². The Labute approximate surface area is 170 Å². The highest BCUT2D eigenvalue weighted by Crippen LogP contribution is 2.24. The molecule has 1 amide bonds. The molecule has 1 saturated heterocycles. The Kier molecular flexibility index (Phi) is 6.48. The zero-order chi connectivity index (χ0) is 20.8. The summed E-state index contributed by atoms with van der Waals surface area (Å²) in [5, 5.41) is 25.6. The van der Waals surface area contributed by atoms with Crippen molar-refractivity contribution in [2.24, 2.45) is 0 Å². The van der Waals surface area contributed by atoms with Gasteiger partial charge in [0.2, 0.25) is 5.91 Å². The number of likely N-dealkylation sites (tertiary alicyclic amines) is 1. The normalized spacial score (nSPS) is 19.2. The number of allylic oxidation sites excluding steroid dienone is 1. The minimum Gasteiger partial charge on any atom is -0.386 e. The van der Waals surface area contributed by atoms with E-state index in [9.17, 15) is 4.79 Å². The molecule has 9 nitrogen and oxygen atoms in total. The van der Waals surface area contributed by atoms with E-state index in [0.29, 0.717) is 36.1 Å². The van der Waals surface area contributed by atoms with Crippen LogP contribution in [0.3, 0.4) is 0 Å². The summed E-state index contributed by atoms with van der Waals surface area (Å²) in [5.74, 6) is 0.200. The van der Waals surface area contributed by atoms with Gasteiger partial charge in [-0.1, -0.05) is 6.58 Å². The number of hydrogen-bond acceptors (Lipinski definition) is 7.